The summed E-state index contributed by atoms with van der Waals surface area (Å²) < 4.78 is 10.4. The van der Waals surface area contributed by atoms with Gasteiger partial charge < -0.3 is 24.7 Å². The van der Waals surface area contributed by atoms with Crippen LogP contribution < -0.4 is 15.0 Å². The number of piperazine rings is 1. The number of aromatic amines is 1. The van der Waals surface area contributed by atoms with E-state index in [9.17, 15) is 0 Å². The lowest BCUT2D eigenvalue weighted by Crippen LogP contribution is -2.68. The zero-order valence-electron chi connectivity index (χ0n) is 20.1. The Morgan fingerprint density at radius 1 is 1.06 bits per heavy atom. The summed E-state index contributed by atoms with van der Waals surface area (Å²) in [4.78, 5) is 26.5. The highest BCUT2D eigenvalue weighted by atomic mass is 16.5. The third kappa shape index (κ3) is 3.82. The zero-order valence-corrected chi connectivity index (χ0v) is 20.1. The quantitative estimate of drug-likeness (QED) is 0.410. The molecule has 2 unspecified atom stereocenters. The molecule has 0 amide bonds. The van der Waals surface area contributed by atoms with Gasteiger partial charge in [0.1, 0.15) is 23.6 Å². The summed E-state index contributed by atoms with van der Waals surface area (Å²) in [5.74, 6) is 2.61. The molecule has 2 N–H and O–H groups in total. The molecule has 4 fully saturated rings. The number of methoxy groups -OCH3 is 1. The Hall–Kier alpha value is -3.76. The van der Waals surface area contributed by atoms with E-state index in [2.05, 4.69) is 59.3 Å². The van der Waals surface area contributed by atoms with Gasteiger partial charge in [0.2, 0.25) is 5.88 Å². The number of hydrogen-bond acceptors (Lipinski definition) is 9. The van der Waals surface area contributed by atoms with Crippen LogP contribution in [0.15, 0.2) is 49.1 Å². The molecule has 4 aromatic heterocycles. The van der Waals surface area contributed by atoms with E-state index in [0.717, 1.165) is 66.8 Å². The van der Waals surface area contributed by atoms with Crippen LogP contribution in [0, 0.1) is 0 Å². The maximum Gasteiger partial charge on any atom is 0.212 e. The molecule has 0 aromatic carbocycles. The molecule has 10 nitrogen and oxygen atoms in total. The van der Waals surface area contributed by atoms with Crippen molar-refractivity contribution in [3.8, 4) is 17.1 Å². The largest absolute Gasteiger partial charge is 0.481 e. The van der Waals surface area contributed by atoms with Crippen LogP contribution >= 0.6 is 0 Å². The predicted octanol–water partition coefficient (Wildman–Crippen LogP) is 2.70. The normalized spacial score (nSPS) is 21.8. The first-order valence-corrected chi connectivity index (χ1v) is 12.4. The van der Waals surface area contributed by atoms with Gasteiger partial charge in [-0.3, -0.25) is 4.90 Å². The van der Waals surface area contributed by atoms with E-state index in [0.29, 0.717) is 24.0 Å². The van der Waals surface area contributed by atoms with Gasteiger partial charge in [-0.15, -0.1) is 0 Å². The molecule has 2 bridgehead atoms. The maximum absolute atomic E-state index is 5.26. The van der Waals surface area contributed by atoms with E-state index in [1.165, 1.54) is 12.0 Å². The number of piperidine rings is 1. The molecule has 2 atom stereocenters. The predicted molar refractivity (Wildman–Crippen MR) is 136 cm³/mol. The van der Waals surface area contributed by atoms with Crippen molar-refractivity contribution in [1.29, 1.82) is 0 Å². The smallest absolute Gasteiger partial charge is 0.212 e. The first-order chi connectivity index (χ1) is 17.7. The highest BCUT2D eigenvalue weighted by Gasteiger charge is 2.44. The number of nitrogens with zero attached hydrogens (tertiary/aromatic N) is 6. The SMILES string of the molecule is COc1ccc(CN2C3CC2CN(c2ccc(-c4ncnc5[nH]c(NC6COC6)cc45)cn2)C3)cn1. The van der Waals surface area contributed by atoms with Crippen LogP contribution in [0.3, 0.4) is 0 Å². The molecule has 4 aromatic rings. The van der Waals surface area contributed by atoms with E-state index in [1.54, 1.807) is 13.4 Å². The van der Waals surface area contributed by atoms with E-state index in [1.807, 2.05) is 18.5 Å². The van der Waals surface area contributed by atoms with E-state index in [4.69, 9.17) is 14.5 Å². The summed E-state index contributed by atoms with van der Waals surface area (Å²) in [5, 5.41) is 4.43. The molecule has 184 valence electrons. The van der Waals surface area contributed by atoms with Crippen molar-refractivity contribution in [2.45, 2.75) is 31.1 Å². The van der Waals surface area contributed by atoms with Gasteiger partial charge in [0.15, 0.2) is 0 Å². The molecule has 0 saturated carbocycles. The van der Waals surface area contributed by atoms with Gasteiger partial charge in [-0.2, -0.15) is 0 Å². The number of pyridine rings is 2. The van der Waals surface area contributed by atoms with Crippen LogP contribution in [0.1, 0.15) is 12.0 Å². The molecule has 4 aliphatic heterocycles. The lowest BCUT2D eigenvalue weighted by Gasteiger charge is -2.56. The van der Waals surface area contributed by atoms with Crippen molar-refractivity contribution in [3.63, 3.8) is 0 Å². The minimum atomic E-state index is 0.343. The number of fused-ring (bicyclic) bond motifs is 3. The monoisotopic (exact) mass is 484 g/mol. The number of rotatable bonds is 7. The highest BCUT2D eigenvalue weighted by molar-refractivity contribution is 5.93. The van der Waals surface area contributed by atoms with Crippen LogP contribution in [-0.4, -0.2) is 81.4 Å². The van der Waals surface area contributed by atoms with E-state index in [-0.39, 0.29) is 0 Å². The Kier molecular flexibility index (Phi) is 5.21. The number of anilines is 2. The van der Waals surface area contributed by atoms with Crippen LogP contribution in [0.2, 0.25) is 0 Å². The average Bonchev–Trinajstić information content (AvgIpc) is 3.33. The molecular formula is C26H28N8O2. The Morgan fingerprint density at radius 2 is 1.94 bits per heavy atom. The molecule has 0 radical (unpaired) electrons. The van der Waals surface area contributed by atoms with Crippen LogP contribution in [-0.2, 0) is 11.3 Å². The summed E-state index contributed by atoms with van der Waals surface area (Å²) >= 11 is 0. The molecule has 0 spiro atoms. The third-order valence-corrected chi connectivity index (χ3v) is 7.48. The fraction of sp³-hybridized carbons (Fsp3) is 0.385. The highest BCUT2D eigenvalue weighted by Crippen LogP contribution is 2.36. The molecule has 8 heterocycles. The standard InChI is InChI=1S/C26H28N8O2/c1-35-24-5-2-16(8-28-24)10-34-19-6-20(34)12-33(11-19)23-4-3-17(9-27-23)25-21-7-22(31-18-13-36-14-18)32-26(21)30-15-29-25/h2-5,7-9,15,18-20,31H,6,10-14H2,1H3,(H,29,30,32). The van der Waals surface area contributed by atoms with Crippen molar-refractivity contribution in [2.24, 2.45) is 0 Å². The van der Waals surface area contributed by atoms with Gasteiger partial charge in [0, 0.05) is 61.1 Å². The first-order valence-electron chi connectivity index (χ1n) is 12.4. The summed E-state index contributed by atoms with van der Waals surface area (Å²) in [6.07, 6.45) is 6.69. The molecular weight excluding hydrogens is 456 g/mol. The van der Waals surface area contributed by atoms with Crippen LogP contribution in [0.5, 0.6) is 5.88 Å². The molecule has 4 saturated heterocycles. The van der Waals surface area contributed by atoms with Gasteiger partial charge >= 0.3 is 0 Å². The number of aromatic nitrogens is 5. The third-order valence-electron chi connectivity index (χ3n) is 7.48. The Bertz CT molecular complexity index is 1360. The van der Waals surface area contributed by atoms with E-state index >= 15 is 0 Å². The molecule has 8 rings (SSSR count). The average molecular weight is 485 g/mol. The number of hydrogen-bond donors (Lipinski definition) is 2. The zero-order chi connectivity index (χ0) is 24.1. The molecule has 0 aliphatic carbocycles. The van der Waals surface area contributed by atoms with Crippen molar-refractivity contribution in [2.75, 3.05) is 43.6 Å². The van der Waals surface area contributed by atoms with Gasteiger partial charge in [0.05, 0.1) is 32.1 Å². The fourth-order valence-electron chi connectivity index (χ4n) is 5.47. The summed E-state index contributed by atoms with van der Waals surface area (Å²) in [7, 11) is 1.64. The van der Waals surface area contributed by atoms with Crippen molar-refractivity contribution < 1.29 is 9.47 Å². The summed E-state index contributed by atoms with van der Waals surface area (Å²) in [6.45, 7) is 4.36. The van der Waals surface area contributed by atoms with Crippen molar-refractivity contribution in [1.82, 2.24) is 29.8 Å². The second-order valence-corrected chi connectivity index (χ2v) is 9.78. The summed E-state index contributed by atoms with van der Waals surface area (Å²) in [5.41, 5.74) is 3.91. The van der Waals surface area contributed by atoms with Crippen molar-refractivity contribution in [3.05, 3.63) is 54.6 Å². The number of nitrogens with one attached hydrogen (secondary N) is 2. The van der Waals surface area contributed by atoms with E-state index < -0.39 is 0 Å². The second kappa shape index (κ2) is 8.72. The fourth-order valence-corrected chi connectivity index (χ4v) is 5.47. The first kappa shape index (κ1) is 21.5. The van der Waals surface area contributed by atoms with Gasteiger partial charge in [0.25, 0.3) is 0 Å². The van der Waals surface area contributed by atoms with Gasteiger partial charge in [-0.05, 0) is 30.2 Å². The Morgan fingerprint density at radius 3 is 2.64 bits per heavy atom. The van der Waals surface area contributed by atoms with Gasteiger partial charge in [-0.1, -0.05) is 6.07 Å². The lowest BCUT2D eigenvalue weighted by atomic mass is 9.87. The molecule has 36 heavy (non-hydrogen) atoms. The number of ether oxygens (including phenoxy) is 2. The summed E-state index contributed by atoms with van der Waals surface area (Å²) in [6, 6.07) is 11.8. The minimum absolute atomic E-state index is 0.343. The maximum atomic E-state index is 5.26. The topological polar surface area (TPSA) is 104 Å². The Labute approximate surface area is 208 Å². The van der Waals surface area contributed by atoms with Gasteiger partial charge in [-0.25, -0.2) is 19.9 Å². The molecule has 10 heteroatoms. The van der Waals surface area contributed by atoms with Crippen molar-refractivity contribution >= 4 is 22.7 Å². The second-order valence-electron chi connectivity index (χ2n) is 9.78. The lowest BCUT2D eigenvalue weighted by molar-refractivity contribution is -0.00876. The van der Waals surface area contributed by atoms with Crippen LogP contribution in [0.4, 0.5) is 11.6 Å². The number of H-pyrrole nitrogens is 1. The minimum Gasteiger partial charge on any atom is -0.481 e. The van der Waals surface area contributed by atoms with Crippen LogP contribution in [0.25, 0.3) is 22.3 Å². The molecule has 4 aliphatic rings. The Balaban J connectivity index is 1.04.